The van der Waals surface area contributed by atoms with Crippen LogP contribution in [0.2, 0.25) is 0 Å². The summed E-state index contributed by atoms with van der Waals surface area (Å²) in [4.78, 5) is 3.01. The van der Waals surface area contributed by atoms with Crippen molar-refractivity contribution in [2.75, 3.05) is 0 Å². The molecule has 0 aliphatic heterocycles. The molecule has 0 saturated carbocycles. The van der Waals surface area contributed by atoms with Crippen molar-refractivity contribution < 1.29 is 5.11 Å². The molecule has 0 unspecified atom stereocenters. The van der Waals surface area contributed by atoms with E-state index in [-0.39, 0.29) is 5.88 Å². The number of aromatic nitrogens is 1. The molecule has 0 amide bonds. The number of rotatable bonds is 2. The van der Waals surface area contributed by atoms with E-state index < -0.39 is 0 Å². The first-order valence-electron chi connectivity index (χ1n) is 5.87. The van der Waals surface area contributed by atoms with Gasteiger partial charge in [0, 0.05) is 11.3 Å². The van der Waals surface area contributed by atoms with Gasteiger partial charge in [-0.05, 0) is 17.2 Å². The maximum Gasteiger partial charge on any atom is 0.196 e. The van der Waals surface area contributed by atoms with Gasteiger partial charge in [-0.1, -0.05) is 60.7 Å². The molecule has 2 nitrogen and oxygen atoms in total. The Labute approximate surface area is 106 Å². The zero-order valence-electron chi connectivity index (χ0n) is 9.80. The molecule has 2 N–H and O–H groups in total. The van der Waals surface area contributed by atoms with Gasteiger partial charge in [-0.15, -0.1) is 0 Å². The van der Waals surface area contributed by atoms with Crippen LogP contribution >= 0.6 is 0 Å². The van der Waals surface area contributed by atoms with Crippen molar-refractivity contribution in [2.45, 2.75) is 0 Å². The molecule has 0 bridgehead atoms. The van der Waals surface area contributed by atoms with Gasteiger partial charge in [-0.2, -0.15) is 0 Å². The molecule has 2 heteroatoms. The Hall–Kier alpha value is -2.48. The fourth-order valence-electron chi connectivity index (χ4n) is 2.05. The second kappa shape index (κ2) is 4.41. The van der Waals surface area contributed by atoms with Gasteiger partial charge in [0.2, 0.25) is 0 Å². The van der Waals surface area contributed by atoms with Gasteiger partial charge in [-0.3, -0.25) is 0 Å². The van der Waals surface area contributed by atoms with E-state index in [2.05, 4.69) is 4.98 Å². The van der Waals surface area contributed by atoms with Crippen LogP contribution in [0.25, 0.3) is 22.4 Å². The van der Waals surface area contributed by atoms with Crippen LogP contribution in [0.5, 0.6) is 5.88 Å². The van der Waals surface area contributed by atoms with Crippen LogP contribution in [0.1, 0.15) is 0 Å². The van der Waals surface area contributed by atoms with E-state index in [9.17, 15) is 5.11 Å². The van der Waals surface area contributed by atoms with Gasteiger partial charge < -0.3 is 10.1 Å². The van der Waals surface area contributed by atoms with Gasteiger partial charge in [0.1, 0.15) is 0 Å². The third-order valence-corrected chi connectivity index (χ3v) is 2.97. The molecule has 3 aromatic rings. The minimum absolute atomic E-state index is 0.208. The van der Waals surface area contributed by atoms with Crippen molar-refractivity contribution in [3.05, 3.63) is 66.7 Å². The van der Waals surface area contributed by atoms with E-state index in [1.807, 2.05) is 66.7 Å². The van der Waals surface area contributed by atoms with Crippen molar-refractivity contribution >= 4 is 0 Å². The van der Waals surface area contributed by atoms with E-state index in [4.69, 9.17) is 0 Å². The quantitative estimate of drug-likeness (QED) is 0.690. The smallest absolute Gasteiger partial charge is 0.196 e. The minimum Gasteiger partial charge on any atom is -0.494 e. The van der Waals surface area contributed by atoms with E-state index >= 15 is 0 Å². The van der Waals surface area contributed by atoms with Crippen LogP contribution in [0, 0.1) is 0 Å². The highest BCUT2D eigenvalue weighted by Gasteiger charge is 2.09. The highest BCUT2D eigenvalue weighted by atomic mass is 16.3. The van der Waals surface area contributed by atoms with Crippen molar-refractivity contribution in [1.82, 2.24) is 4.98 Å². The number of benzene rings is 2. The van der Waals surface area contributed by atoms with Crippen LogP contribution < -0.4 is 0 Å². The Morgan fingerprint density at radius 1 is 0.722 bits per heavy atom. The summed E-state index contributed by atoms with van der Waals surface area (Å²) in [6, 6.07) is 21.8. The molecule has 0 aliphatic carbocycles. The first kappa shape index (κ1) is 10.7. The number of aromatic hydroxyl groups is 1. The molecule has 1 aromatic heterocycles. The fraction of sp³-hybridized carbons (Fsp3) is 0. The van der Waals surface area contributed by atoms with Crippen LogP contribution in [-0.2, 0) is 0 Å². The predicted octanol–water partition coefficient (Wildman–Crippen LogP) is 4.05. The first-order chi connectivity index (χ1) is 8.84. The van der Waals surface area contributed by atoms with Crippen molar-refractivity contribution in [3.63, 3.8) is 0 Å². The lowest BCUT2D eigenvalue weighted by Gasteiger charge is -1.96. The molecule has 0 saturated heterocycles. The molecule has 0 radical (unpaired) electrons. The Bertz CT molecular complexity index is 641. The molecule has 18 heavy (non-hydrogen) atoms. The molecule has 3 rings (SSSR count). The SMILES string of the molecule is Oc1[nH]c(-c2ccccc2)cc1-c1ccccc1. The van der Waals surface area contributed by atoms with Crippen molar-refractivity contribution in [3.8, 4) is 28.3 Å². The number of aromatic amines is 1. The zero-order valence-corrected chi connectivity index (χ0v) is 9.80. The third-order valence-electron chi connectivity index (χ3n) is 2.97. The van der Waals surface area contributed by atoms with Crippen molar-refractivity contribution in [2.24, 2.45) is 0 Å². The van der Waals surface area contributed by atoms with E-state index in [1.165, 1.54) is 0 Å². The summed E-state index contributed by atoms with van der Waals surface area (Å²) in [6.07, 6.45) is 0. The Kier molecular flexibility index (Phi) is 2.61. The Balaban J connectivity index is 2.07. The fourth-order valence-corrected chi connectivity index (χ4v) is 2.05. The number of hydrogen-bond donors (Lipinski definition) is 2. The summed E-state index contributed by atoms with van der Waals surface area (Å²) in [5, 5.41) is 9.99. The van der Waals surface area contributed by atoms with E-state index in [0.29, 0.717) is 0 Å². The normalized spacial score (nSPS) is 10.4. The first-order valence-corrected chi connectivity index (χ1v) is 5.87. The summed E-state index contributed by atoms with van der Waals surface area (Å²) in [7, 11) is 0. The molecular formula is C16H13NO. The maximum absolute atomic E-state index is 9.99. The van der Waals surface area contributed by atoms with Gasteiger partial charge in [0.25, 0.3) is 0 Å². The summed E-state index contributed by atoms with van der Waals surface area (Å²) in [6.45, 7) is 0. The van der Waals surface area contributed by atoms with Crippen LogP contribution in [0.15, 0.2) is 66.7 Å². The predicted molar refractivity (Wildman–Crippen MR) is 73.3 cm³/mol. The lowest BCUT2D eigenvalue weighted by molar-refractivity contribution is 0.459. The van der Waals surface area contributed by atoms with E-state index in [0.717, 1.165) is 22.4 Å². The molecule has 2 aromatic carbocycles. The van der Waals surface area contributed by atoms with Crippen LogP contribution in [-0.4, -0.2) is 10.1 Å². The van der Waals surface area contributed by atoms with Gasteiger partial charge >= 0.3 is 0 Å². The average Bonchev–Trinajstić information content (AvgIpc) is 2.83. The Morgan fingerprint density at radius 3 is 1.89 bits per heavy atom. The summed E-state index contributed by atoms with van der Waals surface area (Å²) in [5.41, 5.74) is 3.82. The lowest BCUT2D eigenvalue weighted by atomic mass is 10.1. The molecule has 1 heterocycles. The average molecular weight is 235 g/mol. The number of hydrogen-bond acceptors (Lipinski definition) is 1. The lowest BCUT2D eigenvalue weighted by Crippen LogP contribution is -1.74. The molecule has 0 atom stereocenters. The summed E-state index contributed by atoms with van der Waals surface area (Å²) >= 11 is 0. The van der Waals surface area contributed by atoms with Gasteiger partial charge in [0.05, 0.1) is 0 Å². The highest BCUT2D eigenvalue weighted by Crippen LogP contribution is 2.33. The number of nitrogens with one attached hydrogen (secondary N) is 1. The molecule has 88 valence electrons. The third kappa shape index (κ3) is 1.89. The second-order valence-electron chi connectivity index (χ2n) is 4.18. The second-order valence-corrected chi connectivity index (χ2v) is 4.18. The largest absolute Gasteiger partial charge is 0.494 e. The van der Waals surface area contributed by atoms with Crippen LogP contribution in [0.3, 0.4) is 0 Å². The molecule has 0 fully saturated rings. The van der Waals surface area contributed by atoms with Crippen LogP contribution in [0.4, 0.5) is 0 Å². The molecular weight excluding hydrogens is 222 g/mol. The van der Waals surface area contributed by atoms with Crippen molar-refractivity contribution in [1.29, 1.82) is 0 Å². The summed E-state index contributed by atoms with van der Waals surface area (Å²) in [5.74, 6) is 0.208. The summed E-state index contributed by atoms with van der Waals surface area (Å²) < 4.78 is 0. The molecule has 0 spiro atoms. The Morgan fingerprint density at radius 2 is 1.28 bits per heavy atom. The highest BCUT2D eigenvalue weighted by molar-refractivity contribution is 5.76. The van der Waals surface area contributed by atoms with Gasteiger partial charge in [0.15, 0.2) is 5.88 Å². The standard InChI is InChI=1S/C16H13NO/c18-16-14(12-7-3-1-4-8-12)11-15(17-16)13-9-5-2-6-10-13/h1-11,17-18H. The monoisotopic (exact) mass is 235 g/mol. The van der Waals surface area contributed by atoms with Gasteiger partial charge in [-0.25, -0.2) is 0 Å². The zero-order chi connectivity index (χ0) is 12.4. The topological polar surface area (TPSA) is 36.0 Å². The molecule has 0 aliphatic rings. The minimum atomic E-state index is 0.208. The number of H-pyrrole nitrogens is 1. The maximum atomic E-state index is 9.99. The van der Waals surface area contributed by atoms with E-state index in [1.54, 1.807) is 0 Å².